The molecule has 35 heavy (non-hydrogen) atoms. The fraction of sp³-hybridized carbons (Fsp3) is 0.478. The molecule has 12 heteroatoms. The van der Waals surface area contributed by atoms with Gasteiger partial charge in [0, 0.05) is 20.2 Å². The highest BCUT2D eigenvalue weighted by Gasteiger charge is 2.25. The van der Waals surface area contributed by atoms with Gasteiger partial charge in [0.25, 0.3) is 11.5 Å². The van der Waals surface area contributed by atoms with Crippen LogP contribution in [0.25, 0.3) is 0 Å². The number of anilines is 2. The Balaban J connectivity index is 2.29. The summed E-state index contributed by atoms with van der Waals surface area (Å²) in [5, 5.41) is 0. The zero-order valence-corrected chi connectivity index (χ0v) is 20.4. The Morgan fingerprint density at radius 2 is 1.89 bits per heavy atom. The van der Waals surface area contributed by atoms with Gasteiger partial charge in [0.2, 0.25) is 0 Å². The molecule has 0 saturated heterocycles. The summed E-state index contributed by atoms with van der Waals surface area (Å²) in [4.78, 5) is 53.7. The van der Waals surface area contributed by atoms with E-state index in [1.165, 1.54) is 30.9 Å². The number of nitrogens with one attached hydrogen (secondary N) is 1. The number of ether oxygens (including phenoxy) is 4. The first-order valence-corrected chi connectivity index (χ1v) is 11.2. The van der Waals surface area contributed by atoms with E-state index in [-0.39, 0.29) is 36.8 Å². The normalized spacial score (nSPS) is 10.6. The van der Waals surface area contributed by atoms with Crippen LogP contribution in [-0.2, 0) is 20.8 Å². The van der Waals surface area contributed by atoms with Crippen LogP contribution in [-0.4, -0.2) is 62.0 Å². The van der Waals surface area contributed by atoms with E-state index >= 15 is 0 Å². The van der Waals surface area contributed by atoms with E-state index in [2.05, 4.69) is 4.98 Å². The molecule has 0 aliphatic heterocycles. The lowest BCUT2D eigenvalue weighted by Gasteiger charge is -2.24. The van der Waals surface area contributed by atoms with E-state index in [1.807, 2.05) is 6.92 Å². The van der Waals surface area contributed by atoms with Gasteiger partial charge in [-0.15, -0.1) is 0 Å². The van der Waals surface area contributed by atoms with Crippen LogP contribution in [0, 0.1) is 0 Å². The summed E-state index contributed by atoms with van der Waals surface area (Å²) in [5.41, 5.74) is 4.58. The number of rotatable bonds is 13. The molecule has 1 amide bonds. The van der Waals surface area contributed by atoms with E-state index in [4.69, 9.17) is 24.7 Å². The molecule has 1 aromatic carbocycles. The fourth-order valence-electron chi connectivity index (χ4n) is 3.28. The second kappa shape index (κ2) is 13.2. The summed E-state index contributed by atoms with van der Waals surface area (Å²) in [7, 11) is 2.90. The van der Waals surface area contributed by atoms with Gasteiger partial charge in [0.1, 0.15) is 5.82 Å². The minimum atomic E-state index is -0.826. The van der Waals surface area contributed by atoms with Gasteiger partial charge in [-0.3, -0.25) is 24.0 Å². The number of carbonyl (C=O) groups is 2. The Morgan fingerprint density at radius 1 is 1.14 bits per heavy atom. The van der Waals surface area contributed by atoms with Crippen molar-refractivity contribution in [2.24, 2.45) is 0 Å². The van der Waals surface area contributed by atoms with Crippen LogP contribution in [0.5, 0.6) is 11.5 Å². The number of aromatic nitrogens is 2. The van der Waals surface area contributed by atoms with Gasteiger partial charge in [0.05, 0.1) is 25.9 Å². The zero-order valence-electron chi connectivity index (χ0n) is 20.4. The molecule has 0 aliphatic rings. The number of aromatic amines is 1. The van der Waals surface area contributed by atoms with E-state index in [0.717, 1.165) is 11.3 Å². The van der Waals surface area contributed by atoms with Crippen molar-refractivity contribution in [2.75, 3.05) is 51.2 Å². The monoisotopic (exact) mass is 492 g/mol. The summed E-state index contributed by atoms with van der Waals surface area (Å²) in [5.74, 6) is -0.848. The highest BCUT2D eigenvalue weighted by atomic mass is 16.5. The third kappa shape index (κ3) is 6.85. The molecule has 0 saturated carbocycles. The number of hydrogen-bond donors (Lipinski definition) is 2. The standard InChI is InChI=1S/C23H32N4O8/c1-5-7-10-27-20(24)19(21(29)25-23(27)31)26(11-12-32-3)18(28)14-35-22(30)15-8-9-16(33-4)17(13-15)34-6-2/h8-9,13H,5-7,10-12,14,24H2,1-4H3,(H,25,29,31). The summed E-state index contributed by atoms with van der Waals surface area (Å²) >= 11 is 0. The lowest BCUT2D eigenvalue weighted by molar-refractivity contribution is -0.121. The second-order valence-electron chi connectivity index (χ2n) is 7.41. The molecule has 0 atom stereocenters. The Labute approximate surface area is 202 Å². The first-order valence-electron chi connectivity index (χ1n) is 11.2. The number of nitrogens with zero attached hydrogens (tertiary/aromatic N) is 2. The highest BCUT2D eigenvalue weighted by molar-refractivity contribution is 5.98. The van der Waals surface area contributed by atoms with Crippen LogP contribution in [0.3, 0.4) is 0 Å². The van der Waals surface area contributed by atoms with E-state index in [1.54, 1.807) is 13.0 Å². The molecule has 2 rings (SSSR count). The Morgan fingerprint density at radius 3 is 2.51 bits per heavy atom. The smallest absolute Gasteiger partial charge is 0.338 e. The SMILES string of the molecule is CCCCn1c(N)c(N(CCOC)C(=O)COC(=O)c2ccc(OC)c(OCC)c2)c(=O)[nH]c1=O. The van der Waals surface area contributed by atoms with Gasteiger partial charge < -0.3 is 24.7 Å². The lowest BCUT2D eigenvalue weighted by Crippen LogP contribution is -2.44. The number of nitrogen functional groups attached to an aromatic ring is 1. The van der Waals surface area contributed by atoms with Crippen LogP contribution in [0.1, 0.15) is 37.0 Å². The molecule has 2 aromatic rings. The van der Waals surface area contributed by atoms with Crippen molar-refractivity contribution in [3.8, 4) is 11.5 Å². The average molecular weight is 493 g/mol. The molecule has 0 aliphatic carbocycles. The van der Waals surface area contributed by atoms with Crippen LogP contribution in [0.15, 0.2) is 27.8 Å². The maximum atomic E-state index is 13.0. The lowest BCUT2D eigenvalue weighted by atomic mass is 10.2. The summed E-state index contributed by atoms with van der Waals surface area (Å²) < 4.78 is 22.1. The van der Waals surface area contributed by atoms with Crippen LogP contribution in [0.2, 0.25) is 0 Å². The van der Waals surface area contributed by atoms with Gasteiger partial charge in [-0.2, -0.15) is 0 Å². The maximum absolute atomic E-state index is 13.0. The number of unbranched alkanes of at least 4 members (excludes halogenated alkanes) is 1. The Kier molecular flexibility index (Phi) is 10.3. The van der Waals surface area contributed by atoms with E-state index in [9.17, 15) is 19.2 Å². The van der Waals surface area contributed by atoms with Crippen molar-refractivity contribution in [3.05, 3.63) is 44.6 Å². The number of hydrogen-bond acceptors (Lipinski definition) is 9. The van der Waals surface area contributed by atoms with Crippen molar-refractivity contribution >= 4 is 23.4 Å². The zero-order chi connectivity index (χ0) is 26.0. The topological polar surface area (TPSA) is 155 Å². The van der Waals surface area contributed by atoms with Crippen molar-refractivity contribution in [1.29, 1.82) is 0 Å². The van der Waals surface area contributed by atoms with Gasteiger partial charge in [-0.25, -0.2) is 9.59 Å². The van der Waals surface area contributed by atoms with Crippen LogP contribution >= 0.6 is 0 Å². The minimum Gasteiger partial charge on any atom is -0.493 e. The number of esters is 1. The Hall–Kier alpha value is -3.80. The molecule has 0 spiro atoms. The molecule has 0 fully saturated rings. The quantitative estimate of drug-likeness (QED) is 0.392. The molecule has 0 bridgehead atoms. The predicted molar refractivity (Wildman–Crippen MR) is 129 cm³/mol. The molecular formula is C23H32N4O8. The summed E-state index contributed by atoms with van der Waals surface area (Å²) in [6.07, 6.45) is 1.43. The highest BCUT2D eigenvalue weighted by Crippen LogP contribution is 2.28. The molecule has 12 nitrogen and oxygen atoms in total. The predicted octanol–water partition coefficient (Wildman–Crippen LogP) is 1.16. The number of benzene rings is 1. The second-order valence-corrected chi connectivity index (χ2v) is 7.41. The fourth-order valence-corrected chi connectivity index (χ4v) is 3.28. The van der Waals surface area contributed by atoms with Crippen molar-refractivity contribution in [3.63, 3.8) is 0 Å². The average Bonchev–Trinajstić information content (AvgIpc) is 2.84. The van der Waals surface area contributed by atoms with E-state index < -0.39 is 29.7 Å². The first kappa shape index (κ1) is 27.4. The number of methoxy groups -OCH3 is 2. The number of amides is 1. The molecule has 1 heterocycles. The molecular weight excluding hydrogens is 460 g/mol. The summed E-state index contributed by atoms with van der Waals surface area (Å²) in [6, 6.07) is 4.47. The number of nitrogens with two attached hydrogens (primary N) is 1. The van der Waals surface area contributed by atoms with Gasteiger partial charge in [-0.05, 0) is 31.5 Å². The molecule has 0 unspecified atom stereocenters. The van der Waals surface area contributed by atoms with Crippen molar-refractivity contribution < 1.29 is 28.5 Å². The summed E-state index contributed by atoms with van der Waals surface area (Å²) in [6.45, 7) is 3.70. The number of H-pyrrole nitrogens is 1. The molecule has 1 aromatic heterocycles. The Bertz CT molecular complexity index is 1140. The van der Waals surface area contributed by atoms with E-state index in [0.29, 0.717) is 24.5 Å². The van der Waals surface area contributed by atoms with Gasteiger partial charge in [0.15, 0.2) is 23.8 Å². The van der Waals surface area contributed by atoms with Crippen LogP contribution in [0.4, 0.5) is 11.5 Å². The van der Waals surface area contributed by atoms with Gasteiger partial charge >= 0.3 is 11.7 Å². The van der Waals surface area contributed by atoms with Gasteiger partial charge in [-0.1, -0.05) is 13.3 Å². The minimum absolute atomic E-state index is 0.0524. The van der Waals surface area contributed by atoms with Crippen LogP contribution < -0.4 is 31.4 Å². The maximum Gasteiger partial charge on any atom is 0.338 e. The molecule has 192 valence electrons. The molecule has 0 radical (unpaired) electrons. The number of carbonyl (C=O) groups excluding carboxylic acids is 2. The van der Waals surface area contributed by atoms with Crippen molar-refractivity contribution in [2.45, 2.75) is 33.2 Å². The first-order chi connectivity index (χ1) is 16.8. The third-order valence-corrected chi connectivity index (χ3v) is 5.07. The largest absolute Gasteiger partial charge is 0.493 e. The third-order valence-electron chi connectivity index (χ3n) is 5.07. The molecule has 3 N–H and O–H groups in total. The van der Waals surface area contributed by atoms with Crippen molar-refractivity contribution in [1.82, 2.24) is 9.55 Å².